The fraction of sp³-hybridized carbons (Fsp3) is 0.500. The Morgan fingerprint density at radius 1 is 1.57 bits per heavy atom. The van der Waals surface area contributed by atoms with Gasteiger partial charge in [-0.25, -0.2) is 0 Å². The Morgan fingerprint density at radius 2 is 2.57 bits per heavy atom. The second-order valence-corrected chi connectivity index (χ2v) is 7.58. The van der Waals surface area contributed by atoms with Gasteiger partial charge >= 0.3 is 47.3 Å². The van der Waals surface area contributed by atoms with Crippen LogP contribution in [-0.4, -0.2) is 18.8 Å². The molecule has 0 aliphatic carbocycles. The standard InChI is InChI=1S/C6H8Ge/c1-3-7-4-2-6(1)5-7/h1,3H,2,4-5H2. The minimum absolute atomic E-state index is 0.435. The first kappa shape index (κ1) is 4.07. The average Bonchev–Trinajstić information content (AvgIpc) is 2.22. The van der Waals surface area contributed by atoms with Crippen LogP contribution in [0.1, 0.15) is 6.42 Å². The van der Waals surface area contributed by atoms with Gasteiger partial charge in [-0.3, -0.25) is 0 Å². The number of fused-ring (bicyclic) bond motifs is 2. The molecule has 0 spiro atoms. The Hall–Kier alpha value is 0.153. The van der Waals surface area contributed by atoms with Crippen LogP contribution in [0.2, 0.25) is 10.5 Å². The summed E-state index contributed by atoms with van der Waals surface area (Å²) in [4.78, 5) is 2.51. The molecule has 0 atom stereocenters. The molecule has 0 aromatic heterocycles. The molecule has 2 heterocycles. The number of hydrogen-bond acceptors (Lipinski definition) is 0. The fourth-order valence-corrected chi connectivity index (χ4v) is 6.46. The van der Waals surface area contributed by atoms with E-state index in [-0.39, 0.29) is 0 Å². The molecule has 2 bridgehead atoms. The van der Waals surface area contributed by atoms with E-state index in [2.05, 4.69) is 10.9 Å². The first-order chi connectivity index (χ1) is 3.45. The predicted octanol–water partition coefficient (Wildman–Crippen LogP) is 1.21. The summed E-state index contributed by atoms with van der Waals surface area (Å²) >= 11 is -0.435. The Kier molecular flexibility index (Phi) is 0.764. The Balaban J connectivity index is 2.45. The summed E-state index contributed by atoms with van der Waals surface area (Å²) in [5, 5.41) is 3.16. The molecule has 1 saturated heterocycles. The molecule has 0 radical (unpaired) electrons. The van der Waals surface area contributed by atoms with Gasteiger partial charge in [-0.15, -0.1) is 0 Å². The van der Waals surface area contributed by atoms with Crippen LogP contribution in [0.5, 0.6) is 0 Å². The average molecular weight is 153 g/mol. The fourth-order valence-electron chi connectivity index (χ4n) is 1.31. The second-order valence-electron chi connectivity index (χ2n) is 2.33. The summed E-state index contributed by atoms with van der Waals surface area (Å²) < 4.78 is 0. The van der Waals surface area contributed by atoms with E-state index in [1.165, 1.54) is 6.42 Å². The predicted molar refractivity (Wildman–Crippen MR) is 34.1 cm³/mol. The van der Waals surface area contributed by atoms with Gasteiger partial charge in [0.15, 0.2) is 0 Å². The van der Waals surface area contributed by atoms with Crippen LogP contribution in [0.25, 0.3) is 0 Å². The van der Waals surface area contributed by atoms with E-state index in [1.807, 2.05) is 0 Å². The minimum atomic E-state index is -0.435. The van der Waals surface area contributed by atoms with Gasteiger partial charge in [-0.1, -0.05) is 0 Å². The van der Waals surface area contributed by atoms with E-state index in [9.17, 15) is 0 Å². The van der Waals surface area contributed by atoms with Crippen molar-refractivity contribution in [1.29, 1.82) is 0 Å². The molecule has 2 aliphatic rings. The summed E-state index contributed by atoms with van der Waals surface area (Å²) in [6.07, 6.45) is 3.84. The van der Waals surface area contributed by atoms with Crippen LogP contribution in [0.3, 0.4) is 0 Å². The molecular weight excluding hydrogens is 145 g/mol. The van der Waals surface area contributed by atoms with E-state index in [0.29, 0.717) is 0 Å². The molecule has 0 N–H and O–H groups in total. The van der Waals surface area contributed by atoms with Gasteiger partial charge in [0.05, 0.1) is 0 Å². The quantitative estimate of drug-likeness (QED) is 0.458. The maximum absolute atomic E-state index is 2.51. The van der Waals surface area contributed by atoms with Crippen molar-refractivity contribution < 1.29 is 0 Å². The third-order valence-corrected chi connectivity index (χ3v) is 6.89. The van der Waals surface area contributed by atoms with Gasteiger partial charge in [0.1, 0.15) is 0 Å². The van der Waals surface area contributed by atoms with Crippen molar-refractivity contribution >= 4 is 18.8 Å². The molecule has 2 aliphatic heterocycles. The van der Waals surface area contributed by atoms with Crippen LogP contribution in [-0.2, 0) is 0 Å². The zero-order valence-electron chi connectivity index (χ0n) is 4.28. The first-order valence-electron chi connectivity index (χ1n) is 2.82. The van der Waals surface area contributed by atoms with Crippen molar-refractivity contribution in [3.05, 3.63) is 11.6 Å². The molecule has 1 heteroatoms. The van der Waals surface area contributed by atoms with Crippen molar-refractivity contribution in [1.82, 2.24) is 0 Å². The zero-order chi connectivity index (χ0) is 4.69. The zero-order valence-corrected chi connectivity index (χ0v) is 6.37. The van der Waals surface area contributed by atoms with Gasteiger partial charge in [0, 0.05) is 0 Å². The van der Waals surface area contributed by atoms with Crippen molar-refractivity contribution in [2.24, 2.45) is 0 Å². The van der Waals surface area contributed by atoms with Gasteiger partial charge in [0.2, 0.25) is 0 Å². The van der Waals surface area contributed by atoms with E-state index in [4.69, 9.17) is 0 Å². The summed E-state index contributed by atoms with van der Waals surface area (Å²) in [6, 6.07) is 0. The van der Waals surface area contributed by atoms with Crippen LogP contribution >= 0.6 is 0 Å². The Morgan fingerprint density at radius 3 is 2.71 bits per heavy atom. The van der Waals surface area contributed by atoms with Crippen LogP contribution in [0.4, 0.5) is 0 Å². The van der Waals surface area contributed by atoms with Gasteiger partial charge in [0.25, 0.3) is 0 Å². The van der Waals surface area contributed by atoms with Crippen LogP contribution < -0.4 is 0 Å². The molecule has 0 saturated carbocycles. The third-order valence-electron chi connectivity index (χ3n) is 1.78. The molecule has 0 aromatic carbocycles. The van der Waals surface area contributed by atoms with Crippen LogP contribution in [0, 0.1) is 0 Å². The van der Waals surface area contributed by atoms with Crippen molar-refractivity contribution in [3.8, 4) is 0 Å². The third kappa shape index (κ3) is 0.530. The van der Waals surface area contributed by atoms with E-state index in [0.717, 1.165) is 0 Å². The molecule has 0 unspecified atom stereocenters. The van der Waals surface area contributed by atoms with Gasteiger partial charge < -0.3 is 0 Å². The summed E-state index contributed by atoms with van der Waals surface area (Å²) in [5.74, 6) is 0. The SMILES string of the molecule is C1=C2C[CH2][Ge](=[CH]1)[CH2]2. The van der Waals surface area contributed by atoms with Crippen molar-refractivity contribution in [2.75, 3.05) is 0 Å². The normalized spacial score (nSPS) is 25.1. The van der Waals surface area contributed by atoms with E-state index in [1.54, 1.807) is 16.1 Å². The molecule has 0 amide bonds. The molecule has 0 aromatic rings. The maximum atomic E-state index is 2.51. The molecule has 36 valence electrons. The Labute approximate surface area is 47.9 Å². The monoisotopic (exact) mass is 154 g/mol. The number of allylic oxidation sites excluding steroid dienone is 2. The number of hydrogen-bond donors (Lipinski definition) is 0. The summed E-state index contributed by atoms with van der Waals surface area (Å²) in [7, 11) is 0. The Bertz CT molecular complexity index is 136. The van der Waals surface area contributed by atoms with Gasteiger partial charge in [-0.05, 0) is 0 Å². The summed E-state index contributed by atoms with van der Waals surface area (Å²) in [5.41, 5.74) is 1.76. The van der Waals surface area contributed by atoms with E-state index >= 15 is 0 Å². The molecule has 1 fully saturated rings. The van der Waals surface area contributed by atoms with Crippen LogP contribution in [0.15, 0.2) is 11.6 Å². The topological polar surface area (TPSA) is 0 Å². The molecular formula is C6H8Ge. The molecule has 0 nitrogen and oxygen atoms in total. The van der Waals surface area contributed by atoms with Crippen molar-refractivity contribution in [2.45, 2.75) is 16.9 Å². The second kappa shape index (κ2) is 1.31. The van der Waals surface area contributed by atoms with Gasteiger partial charge in [-0.2, -0.15) is 0 Å². The molecule has 7 heavy (non-hydrogen) atoms. The number of rotatable bonds is 0. The first-order valence-corrected chi connectivity index (χ1v) is 7.00. The molecule has 2 rings (SSSR count). The van der Waals surface area contributed by atoms with Crippen molar-refractivity contribution in [3.63, 3.8) is 0 Å². The van der Waals surface area contributed by atoms with E-state index < -0.39 is 13.9 Å². The summed E-state index contributed by atoms with van der Waals surface area (Å²) in [6.45, 7) is 0.